The van der Waals surface area contributed by atoms with Crippen molar-refractivity contribution in [2.24, 2.45) is 0 Å². The molecule has 1 N–H and O–H groups in total. The lowest BCUT2D eigenvalue weighted by Crippen LogP contribution is -2.39. The van der Waals surface area contributed by atoms with Gasteiger partial charge in [-0.05, 0) is 63.9 Å². The molecule has 33 heavy (non-hydrogen) atoms. The molecule has 0 bridgehead atoms. The summed E-state index contributed by atoms with van der Waals surface area (Å²) in [5, 5.41) is 0.473. The Balaban J connectivity index is 1.67. The maximum Gasteiger partial charge on any atom is 0.264 e. The van der Waals surface area contributed by atoms with Crippen LogP contribution in [0.2, 0.25) is 0 Å². The van der Waals surface area contributed by atoms with Gasteiger partial charge < -0.3 is 9.47 Å². The number of sulfonamides is 1. The molecule has 1 heterocycles. The Morgan fingerprint density at radius 2 is 1.91 bits per heavy atom. The third kappa shape index (κ3) is 4.58. The van der Waals surface area contributed by atoms with Crippen LogP contribution in [0.4, 0.5) is 0 Å². The van der Waals surface area contributed by atoms with Crippen LogP contribution in [0.1, 0.15) is 36.6 Å². The van der Waals surface area contributed by atoms with Crippen molar-refractivity contribution in [2.75, 3.05) is 13.7 Å². The zero-order valence-electron chi connectivity index (χ0n) is 19.2. The van der Waals surface area contributed by atoms with Crippen molar-refractivity contribution in [1.29, 1.82) is 0 Å². The van der Waals surface area contributed by atoms with Gasteiger partial charge in [-0.15, -0.1) is 0 Å². The first-order chi connectivity index (χ1) is 15.7. The van der Waals surface area contributed by atoms with Gasteiger partial charge in [0.05, 0.1) is 22.4 Å². The lowest BCUT2D eigenvalue weighted by atomic mass is 9.93. The quantitative estimate of drug-likeness (QED) is 0.540. The fraction of sp³-hybridized carbons (Fsp3) is 0.360. The van der Waals surface area contributed by atoms with Crippen LogP contribution in [0.15, 0.2) is 53.4 Å². The summed E-state index contributed by atoms with van der Waals surface area (Å²) >= 11 is 0. The minimum atomic E-state index is -4.11. The van der Waals surface area contributed by atoms with E-state index in [2.05, 4.69) is 9.71 Å². The number of pyridine rings is 1. The molecule has 8 heteroatoms. The van der Waals surface area contributed by atoms with Gasteiger partial charge in [0, 0.05) is 23.8 Å². The van der Waals surface area contributed by atoms with Crippen molar-refractivity contribution in [3.8, 4) is 5.75 Å². The lowest BCUT2D eigenvalue weighted by Gasteiger charge is -2.22. The molecule has 4 rings (SSSR count). The summed E-state index contributed by atoms with van der Waals surface area (Å²) in [5.41, 5.74) is 2.07. The summed E-state index contributed by atoms with van der Waals surface area (Å²) in [6, 6.07) is 14.0. The van der Waals surface area contributed by atoms with Crippen LogP contribution in [-0.4, -0.2) is 39.1 Å². The number of carbonyl (C=O) groups is 1. The molecule has 0 spiro atoms. The Labute approximate surface area is 194 Å². The fourth-order valence-electron chi connectivity index (χ4n) is 4.09. The molecule has 1 aromatic heterocycles. The normalized spacial score (nSPS) is 15.8. The highest BCUT2D eigenvalue weighted by Crippen LogP contribution is 2.52. The van der Waals surface area contributed by atoms with Crippen LogP contribution in [0, 0.1) is 13.8 Å². The number of aromatic nitrogens is 1. The molecule has 1 atom stereocenters. The Hall–Kier alpha value is -2.97. The van der Waals surface area contributed by atoms with E-state index in [4.69, 9.17) is 9.47 Å². The summed E-state index contributed by atoms with van der Waals surface area (Å²) in [5.74, 6) is 0.0226. The van der Waals surface area contributed by atoms with E-state index < -0.39 is 21.3 Å². The Bertz CT molecular complexity index is 1320. The summed E-state index contributed by atoms with van der Waals surface area (Å²) in [7, 11) is -2.51. The maximum atomic E-state index is 13.4. The number of hydrogen-bond donors (Lipinski definition) is 1. The van der Waals surface area contributed by atoms with Gasteiger partial charge in [0.15, 0.2) is 0 Å². The van der Waals surface area contributed by atoms with Crippen molar-refractivity contribution in [3.05, 3.63) is 65.4 Å². The van der Waals surface area contributed by atoms with Crippen molar-refractivity contribution in [1.82, 2.24) is 9.71 Å². The van der Waals surface area contributed by atoms with E-state index >= 15 is 0 Å². The standard InChI is InChI=1S/C25H28N2O5S/c1-16-8-11-22(32-18(3)15-31-4)20(14-16)25(12-13-25)24(28)27-33(29,30)23-7-5-6-21-19(23)10-9-17(2)26-21/h5-11,14,18H,12-13,15H2,1-4H3,(H,27,28)/t18-/m0/s1. The summed E-state index contributed by atoms with van der Waals surface area (Å²) in [6.07, 6.45) is 0.873. The number of methoxy groups -OCH3 is 1. The highest BCUT2D eigenvalue weighted by atomic mass is 32.2. The fourth-order valence-corrected chi connectivity index (χ4v) is 5.36. The van der Waals surface area contributed by atoms with E-state index in [0.717, 1.165) is 11.3 Å². The van der Waals surface area contributed by atoms with Crippen molar-refractivity contribution in [3.63, 3.8) is 0 Å². The number of ether oxygens (including phenoxy) is 2. The molecule has 1 fully saturated rings. The molecule has 7 nitrogen and oxygen atoms in total. The van der Waals surface area contributed by atoms with Crippen LogP contribution in [0.5, 0.6) is 5.75 Å². The van der Waals surface area contributed by atoms with Gasteiger partial charge in [-0.2, -0.15) is 0 Å². The van der Waals surface area contributed by atoms with E-state index in [1.165, 1.54) is 6.07 Å². The largest absolute Gasteiger partial charge is 0.488 e. The van der Waals surface area contributed by atoms with Crippen LogP contribution < -0.4 is 9.46 Å². The zero-order chi connectivity index (χ0) is 23.8. The van der Waals surface area contributed by atoms with Crippen molar-refractivity contribution < 1.29 is 22.7 Å². The SMILES string of the molecule is COC[C@H](C)Oc1ccc(C)cc1C1(C(=O)NS(=O)(=O)c2cccc3nc(C)ccc23)CC1. The van der Waals surface area contributed by atoms with Gasteiger partial charge in [-0.3, -0.25) is 9.78 Å². The Morgan fingerprint density at radius 3 is 2.61 bits per heavy atom. The molecule has 1 amide bonds. The molecule has 3 aromatic rings. The minimum absolute atomic E-state index is 0.0334. The van der Waals surface area contributed by atoms with E-state index in [-0.39, 0.29) is 11.0 Å². The number of amides is 1. The third-order valence-corrected chi connectivity index (χ3v) is 7.30. The summed E-state index contributed by atoms with van der Waals surface area (Å²) in [4.78, 5) is 17.8. The Morgan fingerprint density at radius 1 is 1.15 bits per heavy atom. The molecule has 0 unspecified atom stereocenters. The second kappa shape index (κ2) is 8.76. The first-order valence-corrected chi connectivity index (χ1v) is 12.3. The summed E-state index contributed by atoms with van der Waals surface area (Å²) < 4.78 is 40.0. The first-order valence-electron chi connectivity index (χ1n) is 10.9. The highest BCUT2D eigenvalue weighted by molar-refractivity contribution is 7.90. The lowest BCUT2D eigenvalue weighted by molar-refractivity contribution is -0.121. The highest BCUT2D eigenvalue weighted by Gasteiger charge is 2.54. The number of benzene rings is 2. The monoisotopic (exact) mass is 468 g/mol. The molecule has 1 aliphatic rings. The molecule has 174 valence electrons. The number of nitrogens with one attached hydrogen (secondary N) is 1. The van der Waals surface area contributed by atoms with Crippen LogP contribution >= 0.6 is 0 Å². The average Bonchev–Trinajstić information content (AvgIpc) is 3.56. The molecule has 1 saturated carbocycles. The molecular weight excluding hydrogens is 440 g/mol. The first kappa shape index (κ1) is 23.2. The van der Waals surface area contributed by atoms with Gasteiger partial charge in [0.25, 0.3) is 10.0 Å². The third-order valence-electron chi connectivity index (χ3n) is 5.91. The van der Waals surface area contributed by atoms with Crippen molar-refractivity contribution >= 4 is 26.8 Å². The molecule has 0 aliphatic heterocycles. The maximum absolute atomic E-state index is 13.4. The second-order valence-corrected chi connectivity index (χ2v) is 10.3. The molecule has 1 aliphatic carbocycles. The average molecular weight is 469 g/mol. The van der Waals surface area contributed by atoms with Crippen LogP contribution in [-0.2, 0) is 25.0 Å². The minimum Gasteiger partial charge on any atom is -0.488 e. The zero-order valence-corrected chi connectivity index (χ0v) is 20.0. The van der Waals surface area contributed by atoms with E-state index in [9.17, 15) is 13.2 Å². The van der Waals surface area contributed by atoms with Gasteiger partial charge in [-0.25, -0.2) is 13.1 Å². The number of carbonyl (C=O) groups excluding carboxylic acids is 1. The smallest absolute Gasteiger partial charge is 0.264 e. The number of fused-ring (bicyclic) bond motifs is 1. The number of hydrogen-bond acceptors (Lipinski definition) is 6. The predicted molar refractivity (Wildman–Crippen MR) is 126 cm³/mol. The van der Waals surface area contributed by atoms with E-state index in [0.29, 0.717) is 41.7 Å². The van der Waals surface area contributed by atoms with Gasteiger partial charge >= 0.3 is 0 Å². The Kier molecular flexibility index (Phi) is 6.16. The number of rotatable bonds is 8. The number of aryl methyl sites for hydroxylation is 2. The predicted octanol–water partition coefficient (Wildman–Crippen LogP) is 3.80. The summed E-state index contributed by atoms with van der Waals surface area (Å²) in [6.45, 7) is 6.05. The molecule has 0 saturated heterocycles. The van der Waals surface area contributed by atoms with Gasteiger partial charge in [0.1, 0.15) is 11.9 Å². The topological polar surface area (TPSA) is 94.6 Å². The number of nitrogens with zero attached hydrogens (tertiary/aromatic N) is 1. The van der Waals surface area contributed by atoms with Crippen LogP contribution in [0.25, 0.3) is 10.9 Å². The molecule has 2 aromatic carbocycles. The van der Waals surface area contributed by atoms with E-state index in [1.807, 2.05) is 39.0 Å². The van der Waals surface area contributed by atoms with E-state index in [1.54, 1.807) is 31.4 Å². The molecule has 0 radical (unpaired) electrons. The van der Waals surface area contributed by atoms with Gasteiger partial charge in [-0.1, -0.05) is 23.8 Å². The van der Waals surface area contributed by atoms with Gasteiger partial charge in [0.2, 0.25) is 5.91 Å². The van der Waals surface area contributed by atoms with Crippen molar-refractivity contribution in [2.45, 2.75) is 50.0 Å². The second-order valence-electron chi connectivity index (χ2n) is 8.68. The van der Waals surface area contributed by atoms with Crippen LogP contribution in [0.3, 0.4) is 0 Å². The molecular formula is C25H28N2O5S.